The van der Waals surface area contributed by atoms with Crippen LogP contribution in [0, 0.1) is 17.1 Å². The Kier molecular flexibility index (Phi) is 3.02. The summed E-state index contributed by atoms with van der Waals surface area (Å²) in [7, 11) is 0. The van der Waals surface area contributed by atoms with Crippen molar-refractivity contribution in [1.82, 2.24) is 19.6 Å². The van der Waals surface area contributed by atoms with Crippen molar-refractivity contribution in [3.63, 3.8) is 0 Å². The lowest BCUT2D eigenvalue weighted by atomic mass is 10.2. The standard InChI is InChI=1S/C13H6F3N5/c14-8-3-7(5-18-10(8)4-17)11-6-19-12-2-1-9(13(15)16)20-21(11)12/h1-3,5-6,13H. The van der Waals surface area contributed by atoms with E-state index in [0.717, 1.165) is 6.07 Å². The zero-order valence-electron chi connectivity index (χ0n) is 10.3. The first-order valence-corrected chi connectivity index (χ1v) is 5.79. The van der Waals surface area contributed by atoms with E-state index in [1.165, 1.54) is 29.0 Å². The third kappa shape index (κ3) is 2.18. The van der Waals surface area contributed by atoms with Crippen LogP contribution in [0.1, 0.15) is 17.8 Å². The number of pyridine rings is 1. The van der Waals surface area contributed by atoms with Gasteiger partial charge in [-0.2, -0.15) is 10.4 Å². The fraction of sp³-hybridized carbons (Fsp3) is 0.0769. The molecular weight excluding hydrogens is 283 g/mol. The highest BCUT2D eigenvalue weighted by molar-refractivity contribution is 5.62. The van der Waals surface area contributed by atoms with Crippen molar-refractivity contribution in [2.75, 3.05) is 0 Å². The minimum Gasteiger partial charge on any atom is -0.242 e. The van der Waals surface area contributed by atoms with Crippen LogP contribution < -0.4 is 0 Å². The first-order chi connectivity index (χ1) is 10.1. The third-order valence-corrected chi connectivity index (χ3v) is 2.85. The second kappa shape index (κ2) is 4.86. The van der Waals surface area contributed by atoms with Gasteiger partial charge < -0.3 is 0 Å². The molecule has 3 rings (SSSR count). The molecule has 0 saturated carbocycles. The molecule has 3 heterocycles. The summed E-state index contributed by atoms with van der Waals surface area (Å²) in [6.07, 6.45) is -0.0810. The summed E-state index contributed by atoms with van der Waals surface area (Å²) in [5.41, 5.74) is 0.193. The molecule has 0 atom stereocenters. The van der Waals surface area contributed by atoms with Crippen LogP contribution in [-0.4, -0.2) is 19.6 Å². The van der Waals surface area contributed by atoms with Crippen molar-refractivity contribution in [1.29, 1.82) is 5.26 Å². The van der Waals surface area contributed by atoms with E-state index in [1.807, 2.05) is 0 Å². The summed E-state index contributed by atoms with van der Waals surface area (Å²) >= 11 is 0. The van der Waals surface area contributed by atoms with Crippen LogP contribution >= 0.6 is 0 Å². The smallest absolute Gasteiger partial charge is 0.242 e. The minimum atomic E-state index is -2.72. The van der Waals surface area contributed by atoms with Crippen LogP contribution in [0.4, 0.5) is 13.2 Å². The van der Waals surface area contributed by atoms with Crippen LogP contribution in [0.5, 0.6) is 0 Å². The number of imidazole rings is 1. The van der Waals surface area contributed by atoms with Crippen LogP contribution in [-0.2, 0) is 0 Å². The summed E-state index contributed by atoms with van der Waals surface area (Å²) in [4.78, 5) is 7.67. The summed E-state index contributed by atoms with van der Waals surface area (Å²) in [5.74, 6) is -0.796. The number of aromatic nitrogens is 4. The lowest BCUT2D eigenvalue weighted by Crippen LogP contribution is -2.00. The van der Waals surface area contributed by atoms with Gasteiger partial charge in [0.15, 0.2) is 17.2 Å². The van der Waals surface area contributed by atoms with Gasteiger partial charge in [0.25, 0.3) is 6.43 Å². The average Bonchev–Trinajstić information content (AvgIpc) is 2.90. The van der Waals surface area contributed by atoms with Crippen LogP contribution in [0.2, 0.25) is 0 Å². The Balaban J connectivity index is 2.18. The van der Waals surface area contributed by atoms with Gasteiger partial charge in [0.1, 0.15) is 11.8 Å². The first-order valence-electron chi connectivity index (χ1n) is 5.79. The highest BCUT2D eigenvalue weighted by Gasteiger charge is 2.14. The molecule has 0 unspecified atom stereocenters. The topological polar surface area (TPSA) is 66.9 Å². The van der Waals surface area contributed by atoms with Crippen molar-refractivity contribution in [2.45, 2.75) is 6.43 Å². The van der Waals surface area contributed by atoms with Gasteiger partial charge in [-0.25, -0.2) is 27.7 Å². The van der Waals surface area contributed by atoms with Crippen molar-refractivity contribution in [2.24, 2.45) is 0 Å². The van der Waals surface area contributed by atoms with E-state index in [4.69, 9.17) is 5.26 Å². The lowest BCUT2D eigenvalue weighted by Gasteiger charge is -2.04. The Morgan fingerprint density at radius 2 is 2.00 bits per heavy atom. The molecule has 21 heavy (non-hydrogen) atoms. The molecule has 3 aromatic heterocycles. The van der Waals surface area contributed by atoms with E-state index >= 15 is 0 Å². The van der Waals surface area contributed by atoms with Gasteiger partial charge in [-0.15, -0.1) is 0 Å². The molecule has 0 spiro atoms. The van der Waals surface area contributed by atoms with Crippen molar-refractivity contribution < 1.29 is 13.2 Å². The second-order valence-electron chi connectivity index (χ2n) is 4.14. The minimum absolute atomic E-state index is 0.290. The molecular formula is C13H6F3N5. The zero-order chi connectivity index (χ0) is 15.0. The summed E-state index contributed by atoms with van der Waals surface area (Å²) in [6.45, 7) is 0. The first kappa shape index (κ1) is 13.1. The summed E-state index contributed by atoms with van der Waals surface area (Å²) in [6, 6.07) is 5.26. The predicted octanol–water partition coefficient (Wildman–Crippen LogP) is 2.74. The lowest BCUT2D eigenvalue weighted by molar-refractivity contribution is 0.144. The van der Waals surface area contributed by atoms with E-state index in [-0.39, 0.29) is 11.3 Å². The molecule has 104 valence electrons. The van der Waals surface area contributed by atoms with Gasteiger partial charge in [-0.05, 0) is 18.2 Å². The van der Waals surface area contributed by atoms with Crippen molar-refractivity contribution >= 4 is 5.65 Å². The van der Waals surface area contributed by atoms with E-state index in [0.29, 0.717) is 11.3 Å². The van der Waals surface area contributed by atoms with Gasteiger partial charge in [0, 0.05) is 11.8 Å². The Bertz CT molecular complexity index is 866. The van der Waals surface area contributed by atoms with E-state index in [9.17, 15) is 13.2 Å². The molecule has 3 aromatic rings. The van der Waals surface area contributed by atoms with Crippen LogP contribution in [0.25, 0.3) is 16.9 Å². The molecule has 0 saturated heterocycles. The third-order valence-electron chi connectivity index (χ3n) is 2.85. The van der Waals surface area contributed by atoms with Gasteiger partial charge in [0.05, 0.1) is 11.9 Å². The monoisotopic (exact) mass is 289 g/mol. The molecule has 0 fully saturated rings. The maximum Gasteiger partial charge on any atom is 0.282 e. The molecule has 0 aromatic carbocycles. The number of rotatable bonds is 2. The van der Waals surface area contributed by atoms with Crippen molar-refractivity contribution in [3.05, 3.63) is 47.8 Å². The van der Waals surface area contributed by atoms with E-state index in [1.54, 1.807) is 6.07 Å². The molecule has 8 heteroatoms. The second-order valence-corrected chi connectivity index (χ2v) is 4.14. The fourth-order valence-electron chi connectivity index (χ4n) is 1.86. The Morgan fingerprint density at radius 3 is 2.67 bits per heavy atom. The molecule has 0 aliphatic carbocycles. The van der Waals surface area contributed by atoms with Crippen molar-refractivity contribution in [3.8, 4) is 17.3 Å². The number of nitriles is 1. The highest BCUT2D eigenvalue weighted by atomic mass is 19.3. The fourth-order valence-corrected chi connectivity index (χ4v) is 1.86. The van der Waals surface area contributed by atoms with Gasteiger partial charge in [0.2, 0.25) is 0 Å². The number of halogens is 3. The van der Waals surface area contributed by atoms with Crippen LogP contribution in [0.3, 0.4) is 0 Å². The SMILES string of the molecule is N#Cc1ncc(-c2cnc3ccc(C(F)F)nn23)cc1F. The number of hydrogen-bond acceptors (Lipinski definition) is 4. The predicted molar refractivity (Wildman–Crippen MR) is 65.8 cm³/mol. The number of fused-ring (bicyclic) bond motifs is 1. The van der Waals surface area contributed by atoms with E-state index in [2.05, 4.69) is 15.1 Å². The maximum atomic E-state index is 13.6. The Labute approximate surface area is 116 Å². The Hall–Kier alpha value is -2.95. The molecule has 0 bridgehead atoms. The zero-order valence-corrected chi connectivity index (χ0v) is 10.3. The highest BCUT2D eigenvalue weighted by Crippen LogP contribution is 2.23. The van der Waals surface area contributed by atoms with Gasteiger partial charge in [-0.1, -0.05) is 0 Å². The molecule has 0 radical (unpaired) electrons. The average molecular weight is 289 g/mol. The molecule has 0 aliphatic rings. The molecule has 0 aliphatic heterocycles. The summed E-state index contributed by atoms with van der Waals surface area (Å²) < 4.78 is 40.2. The number of alkyl halides is 2. The van der Waals surface area contributed by atoms with Gasteiger partial charge >= 0.3 is 0 Å². The van der Waals surface area contributed by atoms with Gasteiger partial charge in [-0.3, -0.25) is 0 Å². The number of nitrogens with zero attached hydrogens (tertiary/aromatic N) is 5. The number of hydrogen-bond donors (Lipinski definition) is 0. The van der Waals surface area contributed by atoms with Crippen LogP contribution in [0.15, 0.2) is 30.6 Å². The quantitative estimate of drug-likeness (QED) is 0.727. The largest absolute Gasteiger partial charge is 0.282 e. The Morgan fingerprint density at radius 1 is 1.19 bits per heavy atom. The molecule has 5 nitrogen and oxygen atoms in total. The summed E-state index contributed by atoms with van der Waals surface area (Å²) in [5, 5.41) is 12.4. The van der Waals surface area contributed by atoms with E-state index < -0.39 is 17.9 Å². The molecule has 0 N–H and O–H groups in total. The normalized spacial score (nSPS) is 11.0. The maximum absolute atomic E-state index is 13.6. The molecule has 0 amide bonds.